The van der Waals surface area contributed by atoms with Crippen molar-refractivity contribution in [1.82, 2.24) is 4.90 Å². The summed E-state index contributed by atoms with van der Waals surface area (Å²) in [4.78, 5) is 39.3. The molecular formula is C35H36N2O9. The Morgan fingerprint density at radius 2 is 1.65 bits per heavy atom. The Morgan fingerprint density at radius 1 is 0.913 bits per heavy atom. The van der Waals surface area contributed by atoms with Gasteiger partial charge in [0.05, 0.1) is 43.2 Å². The van der Waals surface area contributed by atoms with Crippen LogP contribution in [0.2, 0.25) is 0 Å². The quantitative estimate of drug-likeness (QED) is 0.287. The monoisotopic (exact) mass is 628 g/mol. The number of cyclic esters (lactones) is 2. The fourth-order valence-corrected chi connectivity index (χ4v) is 6.64. The average molecular weight is 629 g/mol. The van der Waals surface area contributed by atoms with Gasteiger partial charge >= 0.3 is 11.9 Å². The number of fused-ring (bicyclic) bond motifs is 1. The van der Waals surface area contributed by atoms with E-state index in [1.165, 1.54) is 18.2 Å². The van der Waals surface area contributed by atoms with Crippen molar-refractivity contribution in [2.24, 2.45) is 5.92 Å². The number of anilines is 1. The van der Waals surface area contributed by atoms with Crippen molar-refractivity contribution in [1.29, 1.82) is 0 Å². The van der Waals surface area contributed by atoms with Crippen molar-refractivity contribution in [3.63, 3.8) is 0 Å². The fraction of sp³-hybridized carbons (Fsp3) is 0.400. The van der Waals surface area contributed by atoms with Crippen molar-refractivity contribution in [3.05, 3.63) is 100 Å². The Labute approximate surface area is 266 Å². The van der Waals surface area contributed by atoms with Crippen molar-refractivity contribution in [2.75, 3.05) is 38.2 Å². The lowest BCUT2D eigenvalue weighted by Gasteiger charge is -2.44. The summed E-state index contributed by atoms with van der Waals surface area (Å²) in [6, 6.07) is 19.3. The Morgan fingerprint density at radius 3 is 2.39 bits per heavy atom. The standard InChI is InChI=1S/C35H36N2O9/c1-21-29(19-37-13-11-35(12-14-37)42-15-16-43-35)44-34(45-30(21)23-7-5-22(20-38)6-8-23)25-3-2-4-26(17-25)36-31(39)24-9-10-27-28(18-24)33(41)46-32(27)40/h2-10,17-18,21,29-30,34,38H,11-16,19-20H2,1H3,(H,36,39). The number of piperidine rings is 1. The second kappa shape index (κ2) is 12.7. The summed E-state index contributed by atoms with van der Waals surface area (Å²) < 4.78 is 29.8. The molecule has 11 heteroatoms. The molecule has 0 bridgehead atoms. The van der Waals surface area contributed by atoms with E-state index in [1.807, 2.05) is 42.5 Å². The molecule has 3 fully saturated rings. The van der Waals surface area contributed by atoms with E-state index in [9.17, 15) is 19.5 Å². The molecule has 240 valence electrons. The molecule has 4 atom stereocenters. The van der Waals surface area contributed by atoms with Gasteiger partial charge in [-0.25, -0.2) is 9.59 Å². The minimum absolute atomic E-state index is 0.0207. The second-order valence-corrected chi connectivity index (χ2v) is 12.2. The topological polar surface area (TPSA) is 133 Å². The maximum atomic E-state index is 13.1. The highest BCUT2D eigenvalue weighted by Crippen LogP contribution is 2.43. The van der Waals surface area contributed by atoms with Crippen LogP contribution in [0.4, 0.5) is 5.69 Å². The summed E-state index contributed by atoms with van der Waals surface area (Å²) in [5, 5.41) is 12.4. The van der Waals surface area contributed by atoms with Crippen molar-refractivity contribution < 1.29 is 43.2 Å². The predicted octanol–water partition coefficient (Wildman–Crippen LogP) is 4.37. The zero-order valence-corrected chi connectivity index (χ0v) is 25.5. The molecule has 0 aliphatic carbocycles. The number of benzene rings is 3. The van der Waals surface area contributed by atoms with Crippen LogP contribution in [0.5, 0.6) is 0 Å². The molecule has 2 N–H and O–H groups in total. The molecule has 0 aromatic heterocycles. The first-order valence-corrected chi connectivity index (χ1v) is 15.6. The van der Waals surface area contributed by atoms with Gasteiger partial charge in [0, 0.05) is 55.2 Å². The highest BCUT2D eigenvalue weighted by Gasteiger charge is 2.43. The van der Waals surface area contributed by atoms with Crippen LogP contribution in [0, 0.1) is 5.92 Å². The van der Waals surface area contributed by atoms with Crippen molar-refractivity contribution in [2.45, 2.75) is 50.7 Å². The molecule has 4 unspecified atom stereocenters. The van der Waals surface area contributed by atoms with Crippen LogP contribution in [0.3, 0.4) is 0 Å². The molecule has 11 nitrogen and oxygen atoms in total. The lowest BCUT2D eigenvalue weighted by Crippen LogP contribution is -2.50. The number of likely N-dealkylation sites (tertiary alicyclic amines) is 1. The predicted molar refractivity (Wildman–Crippen MR) is 164 cm³/mol. The molecule has 3 saturated heterocycles. The smallest absolute Gasteiger partial charge is 0.346 e. The van der Waals surface area contributed by atoms with Gasteiger partial charge in [0.25, 0.3) is 5.91 Å². The van der Waals surface area contributed by atoms with Crippen LogP contribution < -0.4 is 5.32 Å². The molecule has 46 heavy (non-hydrogen) atoms. The first-order valence-electron chi connectivity index (χ1n) is 15.6. The molecule has 3 aromatic rings. The number of aliphatic hydroxyl groups is 1. The van der Waals surface area contributed by atoms with Gasteiger partial charge in [-0.1, -0.05) is 43.3 Å². The number of esters is 2. The van der Waals surface area contributed by atoms with E-state index in [2.05, 4.69) is 21.9 Å². The molecule has 4 heterocycles. The van der Waals surface area contributed by atoms with Gasteiger partial charge in [-0.3, -0.25) is 4.79 Å². The van der Waals surface area contributed by atoms with Crippen molar-refractivity contribution in [3.8, 4) is 0 Å². The SMILES string of the molecule is CC1C(CN2CCC3(CC2)OCCO3)OC(c2cccc(NC(=O)c3ccc4c(c3)C(=O)OC4=O)c2)OC1c1ccc(CO)cc1. The fourth-order valence-electron chi connectivity index (χ4n) is 6.64. The van der Waals surface area contributed by atoms with Crippen LogP contribution >= 0.6 is 0 Å². The van der Waals surface area contributed by atoms with Crippen molar-refractivity contribution >= 4 is 23.5 Å². The maximum Gasteiger partial charge on any atom is 0.346 e. The molecule has 1 amide bonds. The number of carbonyl (C=O) groups excluding carboxylic acids is 3. The van der Waals surface area contributed by atoms with Gasteiger partial charge in [-0.2, -0.15) is 0 Å². The third kappa shape index (κ3) is 6.09. The summed E-state index contributed by atoms with van der Waals surface area (Å²) in [7, 11) is 0. The number of hydrogen-bond donors (Lipinski definition) is 2. The summed E-state index contributed by atoms with van der Waals surface area (Å²) in [5.74, 6) is -2.36. The number of hydrogen-bond acceptors (Lipinski definition) is 10. The largest absolute Gasteiger partial charge is 0.392 e. The molecule has 4 aliphatic heterocycles. The minimum Gasteiger partial charge on any atom is -0.392 e. The van der Waals surface area contributed by atoms with Gasteiger partial charge < -0.3 is 39.0 Å². The normalized spacial score (nSPS) is 25.8. The van der Waals surface area contributed by atoms with E-state index in [-0.39, 0.29) is 41.4 Å². The van der Waals surface area contributed by atoms with Crippen LogP contribution in [-0.2, 0) is 30.3 Å². The first-order chi connectivity index (χ1) is 22.3. The first kappa shape index (κ1) is 30.7. The van der Waals surface area contributed by atoms with Gasteiger partial charge in [0.1, 0.15) is 0 Å². The Hall–Kier alpha value is -3.97. The Bertz CT molecular complexity index is 1630. The molecule has 4 aliphatic rings. The van der Waals surface area contributed by atoms with Crippen LogP contribution in [0.15, 0.2) is 66.7 Å². The summed E-state index contributed by atoms with van der Waals surface area (Å²) >= 11 is 0. The van der Waals surface area contributed by atoms with Crippen LogP contribution in [0.25, 0.3) is 0 Å². The molecule has 3 aromatic carbocycles. The number of nitrogens with zero attached hydrogens (tertiary/aromatic N) is 1. The highest BCUT2D eigenvalue weighted by molar-refractivity contribution is 6.16. The molecule has 0 saturated carbocycles. The number of amides is 1. The third-order valence-electron chi connectivity index (χ3n) is 9.32. The van der Waals surface area contributed by atoms with E-state index in [0.717, 1.165) is 42.6 Å². The number of nitrogens with one attached hydrogen (secondary N) is 1. The number of rotatable bonds is 7. The van der Waals surface area contributed by atoms with E-state index >= 15 is 0 Å². The zero-order valence-electron chi connectivity index (χ0n) is 25.5. The molecule has 1 spiro atoms. The maximum absolute atomic E-state index is 13.1. The van der Waals surface area contributed by atoms with Crippen LogP contribution in [-0.4, -0.2) is 72.6 Å². The highest BCUT2D eigenvalue weighted by atomic mass is 16.7. The van der Waals surface area contributed by atoms with Gasteiger partial charge in [0.15, 0.2) is 12.1 Å². The zero-order chi connectivity index (χ0) is 31.8. The number of aliphatic hydroxyl groups excluding tert-OH is 1. The van der Waals surface area contributed by atoms with Gasteiger partial charge in [0.2, 0.25) is 0 Å². The Kier molecular flexibility index (Phi) is 8.45. The Balaban J connectivity index is 1.10. The van der Waals surface area contributed by atoms with Gasteiger partial charge in [-0.15, -0.1) is 0 Å². The van der Waals surface area contributed by atoms with Gasteiger partial charge in [-0.05, 0) is 41.5 Å². The van der Waals surface area contributed by atoms with E-state index < -0.39 is 29.9 Å². The summed E-state index contributed by atoms with van der Waals surface area (Å²) in [5.41, 5.74) is 3.50. The van der Waals surface area contributed by atoms with E-state index in [4.69, 9.17) is 18.9 Å². The van der Waals surface area contributed by atoms with Crippen LogP contribution in [0.1, 0.15) is 79.9 Å². The second-order valence-electron chi connectivity index (χ2n) is 12.2. The molecule has 0 radical (unpaired) electrons. The number of carbonyl (C=O) groups is 3. The third-order valence-corrected chi connectivity index (χ3v) is 9.32. The minimum atomic E-state index is -0.767. The summed E-state index contributed by atoms with van der Waals surface area (Å²) in [6.07, 6.45) is 0.473. The lowest BCUT2D eigenvalue weighted by molar-refractivity contribution is -0.278. The molecule has 7 rings (SSSR count). The van der Waals surface area contributed by atoms with E-state index in [1.54, 1.807) is 6.07 Å². The lowest BCUT2D eigenvalue weighted by atomic mass is 9.89. The summed E-state index contributed by atoms with van der Waals surface area (Å²) in [6.45, 7) is 5.76. The average Bonchev–Trinajstić information content (AvgIpc) is 3.65. The van der Waals surface area contributed by atoms with E-state index in [0.29, 0.717) is 25.4 Å². The number of ether oxygens (including phenoxy) is 5. The molecular weight excluding hydrogens is 592 g/mol.